The highest BCUT2D eigenvalue weighted by Crippen LogP contribution is 2.16. The highest BCUT2D eigenvalue weighted by molar-refractivity contribution is 5.76. The molecule has 1 amide bonds. The van der Waals surface area contributed by atoms with Gasteiger partial charge in [-0.3, -0.25) is 4.79 Å². The van der Waals surface area contributed by atoms with Crippen molar-refractivity contribution in [2.24, 2.45) is 0 Å². The van der Waals surface area contributed by atoms with E-state index >= 15 is 0 Å². The number of aliphatic hydroxyl groups excluding tert-OH is 2. The van der Waals surface area contributed by atoms with Crippen molar-refractivity contribution in [2.45, 2.75) is 296 Å². The highest BCUT2D eigenvalue weighted by atomic mass is 16.3. The van der Waals surface area contributed by atoms with Gasteiger partial charge in [-0.25, -0.2) is 0 Å². The fourth-order valence-electron chi connectivity index (χ4n) is 8.09. The van der Waals surface area contributed by atoms with Crippen LogP contribution in [0.1, 0.15) is 284 Å². The summed E-state index contributed by atoms with van der Waals surface area (Å²) in [6, 6.07) is -0.623. The molecule has 0 bridgehead atoms. The maximum absolute atomic E-state index is 12.4. The zero-order chi connectivity index (χ0) is 42.1. The maximum atomic E-state index is 12.4. The van der Waals surface area contributed by atoms with Gasteiger partial charge in [-0.15, -0.1) is 0 Å². The lowest BCUT2D eigenvalue weighted by atomic mass is 10.0. The molecule has 0 aromatic carbocycles. The summed E-state index contributed by atoms with van der Waals surface area (Å²) in [5, 5.41) is 23.1. The zero-order valence-corrected chi connectivity index (χ0v) is 39.3. The molecule has 0 aromatic heterocycles. The van der Waals surface area contributed by atoms with Gasteiger partial charge in [0.2, 0.25) is 5.91 Å². The number of allylic oxidation sites excluding steroid dienone is 5. The topological polar surface area (TPSA) is 69.6 Å². The minimum Gasteiger partial charge on any atom is -0.394 e. The number of amides is 1. The average molecular weight is 814 g/mol. The van der Waals surface area contributed by atoms with Crippen LogP contribution in [0.5, 0.6) is 0 Å². The zero-order valence-electron chi connectivity index (χ0n) is 39.3. The quantitative estimate of drug-likeness (QED) is 0.0423. The van der Waals surface area contributed by atoms with Gasteiger partial charge in [0.1, 0.15) is 0 Å². The van der Waals surface area contributed by atoms with Gasteiger partial charge in [0.15, 0.2) is 0 Å². The number of hydrogen-bond donors (Lipinski definition) is 3. The van der Waals surface area contributed by atoms with E-state index in [1.165, 1.54) is 231 Å². The van der Waals surface area contributed by atoms with Gasteiger partial charge in [-0.1, -0.05) is 262 Å². The molecule has 4 heteroatoms. The second-order valence-corrected chi connectivity index (χ2v) is 17.9. The lowest BCUT2D eigenvalue weighted by molar-refractivity contribution is -0.123. The van der Waals surface area contributed by atoms with Crippen molar-refractivity contribution in [3.8, 4) is 0 Å². The molecule has 58 heavy (non-hydrogen) atoms. The van der Waals surface area contributed by atoms with Crippen LogP contribution in [0.4, 0.5) is 0 Å². The Balaban J connectivity index is 3.51. The highest BCUT2D eigenvalue weighted by Gasteiger charge is 2.18. The Bertz CT molecular complexity index is 882. The van der Waals surface area contributed by atoms with Crippen LogP contribution >= 0.6 is 0 Å². The van der Waals surface area contributed by atoms with Crippen molar-refractivity contribution in [3.63, 3.8) is 0 Å². The Labute approximate surface area is 363 Å². The van der Waals surface area contributed by atoms with Gasteiger partial charge in [0, 0.05) is 6.42 Å². The first-order valence-corrected chi connectivity index (χ1v) is 26.2. The Morgan fingerprint density at radius 2 is 0.707 bits per heavy atom. The van der Waals surface area contributed by atoms with E-state index in [-0.39, 0.29) is 12.5 Å². The molecule has 0 heterocycles. The smallest absolute Gasteiger partial charge is 0.220 e. The number of hydrogen-bond acceptors (Lipinski definition) is 3. The summed E-state index contributed by atoms with van der Waals surface area (Å²) in [6.07, 6.45) is 67.1. The summed E-state index contributed by atoms with van der Waals surface area (Å²) in [6.45, 7) is 4.33. The molecule has 0 aliphatic heterocycles. The molecule has 0 rings (SSSR count). The van der Waals surface area contributed by atoms with Crippen molar-refractivity contribution in [1.82, 2.24) is 5.32 Å². The van der Waals surface area contributed by atoms with Crippen LogP contribution in [0.3, 0.4) is 0 Å². The van der Waals surface area contributed by atoms with Crippen molar-refractivity contribution >= 4 is 5.91 Å². The molecule has 0 radical (unpaired) electrons. The molecule has 0 saturated heterocycles. The molecule has 0 fully saturated rings. The van der Waals surface area contributed by atoms with Gasteiger partial charge < -0.3 is 15.5 Å². The van der Waals surface area contributed by atoms with Crippen molar-refractivity contribution in [2.75, 3.05) is 6.61 Å². The first-order valence-electron chi connectivity index (χ1n) is 26.2. The number of aliphatic hydroxyl groups is 2. The Morgan fingerprint density at radius 3 is 1.03 bits per heavy atom. The van der Waals surface area contributed by atoms with Gasteiger partial charge in [0.25, 0.3) is 0 Å². The Kier molecular flexibility index (Phi) is 48.8. The van der Waals surface area contributed by atoms with Gasteiger partial charge in [-0.05, 0) is 51.4 Å². The lowest BCUT2D eigenvalue weighted by Gasteiger charge is -2.20. The number of carbonyl (C=O) groups excluding carboxylic acids is 1. The standard InChI is InChI=1S/C54H103NO3/c1-3-5-7-9-11-13-15-17-19-21-23-24-25-26-27-28-29-30-32-34-36-38-40-42-44-46-48-50-54(58)55-52(51-56)53(57)49-47-45-43-41-39-37-35-33-31-22-20-18-16-14-12-10-8-6-4-2/h23-24,26-27,47,49,52-53,56-57H,3-22,25,28-46,48,50-51H2,1-2H3,(H,55,58)/b24-23-,27-26-,49-47+. The van der Waals surface area contributed by atoms with E-state index in [1.54, 1.807) is 6.08 Å². The minimum atomic E-state index is -0.840. The summed E-state index contributed by atoms with van der Waals surface area (Å²) < 4.78 is 0. The Hall–Kier alpha value is -1.39. The summed E-state index contributed by atoms with van der Waals surface area (Å²) in [7, 11) is 0. The number of nitrogens with one attached hydrogen (secondary N) is 1. The summed E-state index contributed by atoms with van der Waals surface area (Å²) in [5.41, 5.74) is 0. The number of carbonyl (C=O) groups is 1. The van der Waals surface area contributed by atoms with Crippen LogP contribution in [-0.4, -0.2) is 34.9 Å². The fraction of sp³-hybridized carbons (Fsp3) is 0.870. The third kappa shape index (κ3) is 45.7. The summed E-state index contributed by atoms with van der Waals surface area (Å²) in [4.78, 5) is 12.4. The van der Waals surface area contributed by atoms with E-state index in [0.29, 0.717) is 6.42 Å². The molecule has 0 aliphatic carbocycles. The molecule has 0 aromatic rings. The minimum absolute atomic E-state index is 0.0634. The van der Waals surface area contributed by atoms with E-state index in [0.717, 1.165) is 32.1 Å². The molecule has 4 nitrogen and oxygen atoms in total. The SMILES string of the molecule is CCCCCCCCCCC/C=C\C/C=C\CCCCCCCCCCCCCC(=O)NC(CO)C(O)/C=C/CCCCCCCCCCCCCCCCCCC. The van der Waals surface area contributed by atoms with Crippen molar-refractivity contribution in [1.29, 1.82) is 0 Å². The van der Waals surface area contributed by atoms with Crippen molar-refractivity contribution in [3.05, 3.63) is 36.5 Å². The molecule has 2 unspecified atom stereocenters. The third-order valence-corrected chi connectivity index (χ3v) is 12.1. The molecule has 0 saturated carbocycles. The number of unbranched alkanes of at least 4 members (excludes halogenated alkanes) is 37. The molecule has 342 valence electrons. The van der Waals surface area contributed by atoms with Gasteiger partial charge in [-0.2, -0.15) is 0 Å². The van der Waals surface area contributed by atoms with E-state index in [9.17, 15) is 15.0 Å². The second-order valence-electron chi connectivity index (χ2n) is 17.9. The third-order valence-electron chi connectivity index (χ3n) is 12.1. The van der Waals surface area contributed by atoms with Crippen LogP contribution in [-0.2, 0) is 4.79 Å². The van der Waals surface area contributed by atoms with Crippen LogP contribution in [0.25, 0.3) is 0 Å². The molecular weight excluding hydrogens is 711 g/mol. The average Bonchev–Trinajstić information content (AvgIpc) is 3.23. The van der Waals surface area contributed by atoms with Crippen molar-refractivity contribution < 1.29 is 15.0 Å². The van der Waals surface area contributed by atoms with Crippen LogP contribution < -0.4 is 5.32 Å². The summed E-state index contributed by atoms with van der Waals surface area (Å²) in [5.74, 6) is -0.0634. The molecule has 3 N–H and O–H groups in total. The van der Waals surface area contributed by atoms with Crippen LogP contribution in [0.2, 0.25) is 0 Å². The van der Waals surface area contributed by atoms with Gasteiger partial charge >= 0.3 is 0 Å². The molecule has 2 atom stereocenters. The Morgan fingerprint density at radius 1 is 0.414 bits per heavy atom. The van der Waals surface area contributed by atoms with Crippen LogP contribution in [0, 0.1) is 0 Å². The first-order chi connectivity index (χ1) is 28.7. The number of rotatable bonds is 48. The van der Waals surface area contributed by atoms with E-state index in [4.69, 9.17) is 0 Å². The van der Waals surface area contributed by atoms with Gasteiger partial charge in [0.05, 0.1) is 18.8 Å². The van der Waals surface area contributed by atoms with E-state index < -0.39 is 12.1 Å². The molecule has 0 aliphatic rings. The predicted molar refractivity (Wildman–Crippen MR) is 258 cm³/mol. The first kappa shape index (κ1) is 56.6. The maximum Gasteiger partial charge on any atom is 0.220 e. The predicted octanol–water partition coefficient (Wildman–Crippen LogP) is 16.9. The lowest BCUT2D eigenvalue weighted by Crippen LogP contribution is -2.45. The molecule has 0 spiro atoms. The molecular formula is C54H103NO3. The fourth-order valence-corrected chi connectivity index (χ4v) is 8.09. The normalized spacial score (nSPS) is 13.1. The summed E-state index contributed by atoms with van der Waals surface area (Å²) >= 11 is 0. The second kappa shape index (κ2) is 50.0. The van der Waals surface area contributed by atoms with E-state index in [2.05, 4.69) is 43.5 Å². The largest absolute Gasteiger partial charge is 0.394 e. The van der Waals surface area contributed by atoms with E-state index in [1.807, 2.05) is 6.08 Å². The monoisotopic (exact) mass is 814 g/mol. The van der Waals surface area contributed by atoms with Crippen LogP contribution in [0.15, 0.2) is 36.5 Å².